The molecule has 1 atom stereocenters. The standard InChI is InChI=1S/C19H23NO3/c1-2-8-14-13-18(21)16-11-6-7-12-17(16)20(14)19(22)23-15-9-4-3-5-10-15/h3-5,9-10,14H,2,6-8,11-13H2,1H3/t14-/m0/s1. The molecule has 0 aromatic heterocycles. The summed E-state index contributed by atoms with van der Waals surface area (Å²) in [7, 11) is 0. The highest BCUT2D eigenvalue weighted by molar-refractivity contribution is 5.98. The average Bonchev–Trinajstić information content (AvgIpc) is 2.56. The summed E-state index contributed by atoms with van der Waals surface area (Å²) >= 11 is 0. The molecule has 1 heterocycles. The van der Waals surface area contributed by atoms with Gasteiger partial charge in [0.05, 0.1) is 0 Å². The molecule has 122 valence electrons. The minimum absolute atomic E-state index is 0.0689. The molecule has 1 aromatic carbocycles. The SMILES string of the molecule is CCC[C@H]1CC(=O)C2=C(CCCC2)N1C(=O)Oc1ccccc1. The smallest absolute Gasteiger partial charge is 0.410 e. The van der Waals surface area contributed by atoms with Crippen LogP contribution in [0.4, 0.5) is 4.79 Å². The van der Waals surface area contributed by atoms with Gasteiger partial charge < -0.3 is 4.74 Å². The fraction of sp³-hybridized carbons (Fsp3) is 0.474. The van der Waals surface area contributed by atoms with E-state index in [0.29, 0.717) is 12.2 Å². The fourth-order valence-electron chi connectivity index (χ4n) is 3.57. The van der Waals surface area contributed by atoms with E-state index in [0.717, 1.165) is 49.8 Å². The number of benzene rings is 1. The molecule has 1 aliphatic heterocycles. The quantitative estimate of drug-likeness (QED) is 0.828. The van der Waals surface area contributed by atoms with Crippen molar-refractivity contribution < 1.29 is 14.3 Å². The number of Topliss-reactive ketones (excluding diaryl/α,β-unsaturated/α-hetero) is 1. The number of rotatable bonds is 3. The van der Waals surface area contributed by atoms with E-state index in [-0.39, 0.29) is 17.9 Å². The summed E-state index contributed by atoms with van der Waals surface area (Å²) in [5.74, 6) is 0.768. The Morgan fingerprint density at radius 1 is 1.22 bits per heavy atom. The largest absolute Gasteiger partial charge is 0.419 e. The van der Waals surface area contributed by atoms with Crippen molar-refractivity contribution in [2.45, 2.75) is 57.9 Å². The third-order valence-electron chi connectivity index (χ3n) is 4.62. The second kappa shape index (κ2) is 6.99. The molecule has 1 aromatic rings. The van der Waals surface area contributed by atoms with Crippen molar-refractivity contribution in [3.05, 3.63) is 41.6 Å². The van der Waals surface area contributed by atoms with Crippen LogP contribution in [0, 0.1) is 0 Å². The highest BCUT2D eigenvalue weighted by Gasteiger charge is 2.38. The van der Waals surface area contributed by atoms with Crippen LogP contribution in [0.1, 0.15) is 51.9 Å². The minimum Gasteiger partial charge on any atom is -0.410 e. The van der Waals surface area contributed by atoms with Crippen molar-refractivity contribution in [2.24, 2.45) is 0 Å². The summed E-state index contributed by atoms with van der Waals surface area (Å²) in [6.45, 7) is 2.08. The maximum atomic E-state index is 12.8. The summed E-state index contributed by atoms with van der Waals surface area (Å²) in [5.41, 5.74) is 1.76. The first-order valence-electron chi connectivity index (χ1n) is 8.52. The van der Waals surface area contributed by atoms with Gasteiger partial charge in [-0.3, -0.25) is 9.69 Å². The number of carbonyl (C=O) groups excluding carboxylic acids is 2. The predicted molar refractivity (Wildman–Crippen MR) is 88.1 cm³/mol. The Kier molecular flexibility index (Phi) is 4.79. The van der Waals surface area contributed by atoms with Gasteiger partial charge in [-0.2, -0.15) is 0 Å². The predicted octanol–water partition coefficient (Wildman–Crippen LogP) is 4.46. The van der Waals surface area contributed by atoms with E-state index in [9.17, 15) is 9.59 Å². The van der Waals surface area contributed by atoms with E-state index in [4.69, 9.17) is 4.74 Å². The molecule has 0 unspecified atom stereocenters. The Balaban J connectivity index is 1.89. The second-order valence-electron chi connectivity index (χ2n) is 6.25. The minimum atomic E-state index is -0.350. The van der Waals surface area contributed by atoms with Crippen LogP contribution in [-0.4, -0.2) is 22.8 Å². The van der Waals surface area contributed by atoms with E-state index in [1.165, 1.54) is 0 Å². The van der Waals surface area contributed by atoms with Gasteiger partial charge in [-0.15, -0.1) is 0 Å². The zero-order valence-electron chi connectivity index (χ0n) is 13.6. The molecular formula is C19H23NO3. The molecular weight excluding hydrogens is 290 g/mol. The molecule has 0 radical (unpaired) electrons. The average molecular weight is 313 g/mol. The molecule has 0 fully saturated rings. The number of hydrogen-bond donors (Lipinski definition) is 0. The van der Waals surface area contributed by atoms with E-state index in [1.54, 1.807) is 17.0 Å². The third-order valence-corrected chi connectivity index (χ3v) is 4.62. The fourth-order valence-corrected chi connectivity index (χ4v) is 3.57. The lowest BCUT2D eigenvalue weighted by atomic mass is 9.85. The van der Waals surface area contributed by atoms with Gasteiger partial charge in [0.25, 0.3) is 0 Å². The molecule has 4 heteroatoms. The maximum absolute atomic E-state index is 12.8. The molecule has 1 amide bonds. The van der Waals surface area contributed by atoms with Crippen LogP contribution in [0.25, 0.3) is 0 Å². The number of hydrogen-bond acceptors (Lipinski definition) is 3. The van der Waals surface area contributed by atoms with Gasteiger partial charge in [-0.05, 0) is 44.2 Å². The Morgan fingerprint density at radius 3 is 2.70 bits per heavy atom. The molecule has 0 N–H and O–H groups in total. The number of para-hydroxylation sites is 1. The molecule has 0 spiro atoms. The van der Waals surface area contributed by atoms with E-state index < -0.39 is 0 Å². The molecule has 0 saturated heterocycles. The Morgan fingerprint density at radius 2 is 1.96 bits per heavy atom. The van der Waals surface area contributed by atoms with E-state index in [1.807, 2.05) is 18.2 Å². The Bertz CT molecular complexity index is 621. The molecule has 1 aliphatic carbocycles. The summed E-state index contributed by atoms with van der Waals surface area (Å²) in [6.07, 6.45) is 5.49. The first-order valence-corrected chi connectivity index (χ1v) is 8.52. The number of allylic oxidation sites excluding steroid dienone is 2. The number of amides is 1. The summed E-state index contributed by atoms with van der Waals surface area (Å²) in [4.78, 5) is 26.9. The van der Waals surface area contributed by atoms with Gasteiger partial charge in [0.15, 0.2) is 5.78 Å². The van der Waals surface area contributed by atoms with Gasteiger partial charge in [0.2, 0.25) is 0 Å². The van der Waals surface area contributed by atoms with Gasteiger partial charge in [0.1, 0.15) is 5.75 Å². The topological polar surface area (TPSA) is 46.6 Å². The monoisotopic (exact) mass is 313 g/mol. The summed E-state index contributed by atoms with van der Waals surface area (Å²) < 4.78 is 5.56. The summed E-state index contributed by atoms with van der Waals surface area (Å²) in [5, 5.41) is 0. The number of carbonyl (C=O) groups is 2. The van der Waals surface area contributed by atoms with Crippen molar-refractivity contribution in [3.63, 3.8) is 0 Å². The van der Waals surface area contributed by atoms with Gasteiger partial charge in [-0.1, -0.05) is 31.5 Å². The Labute approximate surface area is 137 Å². The van der Waals surface area contributed by atoms with Crippen LogP contribution in [0.3, 0.4) is 0 Å². The number of nitrogens with zero attached hydrogens (tertiary/aromatic N) is 1. The van der Waals surface area contributed by atoms with Gasteiger partial charge >= 0.3 is 6.09 Å². The van der Waals surface area contributed by atoms with E-state index >= 15 is 0 Å². The maximum Gasteiger partial charge on any atom is 0.419 e. The summed E-state index contributed by atoms with van der Waals surface area (Å²) in [6, 6.07) is 9.06. The van der Waals surface area contributed by atoms with Crippen molar-refractivity contribution in [3.8, 4) is 5.75 Å². The molecule has 23 heavy (non-hydrogen) atoms. The van der Waals surface area contributed by atoms with Crippen molar-refractivity contribution >= 4 is 11.9 Å². The van der Waals surface area contributed by atoms with Crippen LogP contribution >= 0.6 is 0 Å². The number of ether oxygens (including phenoxy) is 1. The highest BCUT2D eigenvalue weighted by Crippen LogP contribution is 2.36. The molecule has 3 rings (SSSR count). The third kappa shape index (κ3) is 3.31. The van der Waals surface area contributed by atoms with Crippen molar-refractivity contribution in [2.75, 3.05) is 0 Å². The van der Waals surface area contributed by atoms with E-state index in [2.05, 4.69) is 6.92 Å². The molecule has 0 saturated carbocycles. The zero-order chi connectivity index (χ0) is 16.2. The lowest BCUT2D eigenvalue weighted by molar-refractivity contribution is -0.117. The lowest BCUT2D eigenvalue weighted by Gasteiger charge is -2.39. The molecule has 4 nitrogen and oxygen atoms in total. The highest BCUT2D eigenvalue weighted by atomic mass is 16.6. The molecule has 2 aliphatic rings. The van der Waals surface area contributed by atoms with Gasteiger partial charge in [-0.25, -0.2) is 4.79 Å². The van der Waals surface area contributed by atoms with Crippen LogP contribution in [-0.2, 0) is 4.79 Å². The first-order chi connectivity index (χ1) is 11.2. The van der Waals surface area contributed by atoms with Crippen molar-refractivity contribution in [1.82, 2.24) is 4.90 Å². The van der Waals surface area contributed by atoms with Crippen LogP contribution in [0.5, 0.6) is 5.75 Å². The second-order valence-corrected chi connectivity index (χ2v) is 6.25. The van der Waals surface area contributed by atoms with Crippen molar-refractivity contribution in [1.29, 1.82) is 0 Å². The lowest BCUT2D eigenvalue weighted by Crippen LogP contribution is -2.47. The molecule has 0 bridgehead atoms. The normalized spacial score (nSPS) is 21.2. The number of ketones is 1. The van der Waals surface area contributed by atoms with Crippen LogP contribution in [0.15, 0.2) is 41.6 Å². The van der Waals surface area contributed by atoms with Gasteiger partial charge in [0, 0.05) is 23.7 Å². The van der Waals surface area contributed by atoms with Crippen LogP contribution < -0.4 is 4.74 Å². The first kappa shape index (κ1) is 15.8. The zero-order valence-corrected chi connectivity index (χ0v) is 13.6. The Hall–Kier alpha value is -2.10. The van der Waals surface area contributed by atoms with Crippen LogP contribution in [0.2, 0.25) is 0 Å².